The van der Waals surface area contributed by atoms with Crippen molar-refractivity contribution in [3.05, 3.63) is 0 Å². The molecule has 0 aromatic heterocycles. The zero-order valence-electron chi connectivity index (χ0n) is 3.30. The predicted molar refractivity (Wildman–Crippen MR) is 0 cm³/mol. The molecular formula is O4PtRuTiZr. The van der Waals surface area contributed by atoms with Crippen LogP contribution in [0.5, 0.6) is 0 Å². The van der Waals surface area contributed by atoms with Crippen LogP contribution in [0.2, 0.25) is 0 Å². The Morgan fingerprint density at radius 1 is 0.875 bits per heavy atom. The van der Waals surface area contributed by atoms with Gasteiger partial charge in [0.25, 0.3) is 0 Å². The number of hydrogen-bond donors (Lipinski definition) is 0. The Bertz CT molecular complexity index is 31.5. The summed E-state index contributed by atoms with van der Waals surface area (Å²) in [6.07, 6.45) is 0. The predicted octanol–water partition coefficient (Wildman–Crippen LogP) is -4.77. The molecule has 0 aromatic rings. The van der Waals surface area contributed by atoms with Crippen molar-refractivity contribution >= 4 is 0 Å². The molecule has 0 bridgehead atoms. The van der Waals surface area contributed by atoms with E-state index >= 15 is 0 Å². The summed E-state index contributed by atoms with van der Waals surface area (Å²) in [6, 6.07) is 0. The normalized spacial score (nSPS) is 7.50. The van der Waals surface area contributed by atoms with Crippen molar-refractivity contribution in [1.82, 2.24) is 0 Å². The molecule has 0 spiro atoms. The fraction of sp³-hybridized carbons (Fsp3) is 0. The molecule has 0 aliphatic carbocycles. The van der Waals surface area contributed by atoms with Gasteiger partial charge in [0.15, 0.2) is 0 Å². The Balaban J connectivity index is -0.0000000267. The Morgan fingerprint density at radius 2 is 0.875 bits per heavy atom. The maximum absolute atomic E-state index is 8.62. The minimum atomic E-state index is -6.00. The zero-order chi connectivity index (χ0) is 4.50. The molecular weight excluding hydrogens is 499 g/mol. The van der Waals surface area contributed by atoms with Crippen LogP contribution in [-0.2, 0) is 84.9 Å². The standard InChI is InChI=1S/4O.Pt.Ru.Ti.Zr/q4*-1;;;;+4. The summed E-state index contributed by atoms with van der Waals surface area (Å²) in [6.45, 7) is 0. The second-order valence-electron chi connectivity index (χ2n) is 0.500. The summed E-state index contributed by atoms with van der Waals surface area (Å²) in [7, 11) is 0. The molecule has 8 heavy (non-hydrogen) atoms. The third-order valence-corrected chi connectivity index (χ3v) is 0. The molecule has 0 aliphatic rings. The van der Waals surface area contributed by atoms with Gasteiger partial charge in [0.05, 0.1) is 0 Å². The molecule has 0 fully saturated rings. The monoisotopic (exact) mass is 499 g/mol. The van der Waals surface area contributed by atoms with Crippen LogP contribution < -0.4 is 14.8 Å². The van der Waals surface area contributed by atoms with Gasteiger partial charge >= 0.3 is 59.1 Å². The van der Waals surface area contributed by atoms with Gasteiger partial charge in [-0.3, -0.25) is 0 Å². The first-order chi connectivity index (χ1) is 2.00. The van der Waals surface area contributed by atoms with Crippen LogP contribution in [0.4, 0.5) is 0 Å². The van der Waals surface area contributed by atoms with E-state index in [2.05, 4.69) is 0 Å². The van der Waals surface area contributed by atoms with Gasteiger partial charge in [0.2, 0.25) is 0 Å². The summed E-state index contributed by atoms with van der Waals surface area (Å²) >= 11 is -6.00. The molecule has 0 radical (unpaired) electrons. The maximum Gasteiger partial charge on any atom is 4.00 e. The first-order valence-electron chi connectivity index (χ1n) is 0.816. The van der Waals surface area contributed by atoms with Crippen LogP contribution in [0.25, 0.3) is 0 Å². The first kappa shape index (κ1) is 22.4. The Labute approximate surface area is 98.1 Å². The number of rotatable bonds is 0. The molecule has 0 rings (SSSR count). The molecule has 0 atom stereocenters. The van der Waals surface area contributed by atoms with Crippen molar-refractivity contribution in [1.29, 1.82) is 0 Å². The van der Waals surface area contributed by atoms with Crippen molar-refractivity contribution in [3.63, 3.8) is 0 Å². The third-order valence-electron chi connectivity index (χ3n) is 0. The van der Waals surface area contributed by atoms with Crippen LogP contribution in [-0.4, -0.2) is 0 Å². The second-order valence-corrected chi connectivity index (χ2v) is 2.06. The van der Waals surface area contributed by atoms with Gasteiger partial charge in [-0.2, -0.15) is 0 Å². The van der Waals surface area contributed by atoms with E-state index in [0.29, 0.717) is 0 Å². The van der Waals surface area contributed by atoms with Gasteiger partial charge in [0, 0.05) is 40.5 Å². The average molecular weight is 499 g/mol. The van der Waals surface area contributed by atoms with Crippen LogP contribution in [0.1, 0.15) is 0 Å². The molecule has 50 valence electrons. The fourth-order valence-corrected chi connectivity index (χ4v) is 0. The van der Waals surface area contributed by atoms with Crippen LogP contribution in [0, 0.1) is 0 Å². The van der Waals surface area contributed by atoms with Gasteiger partial charge in [0.1, 0.15) is 0 Å². The van der Waals surface area contributed by atoms with E-state index in [0.717, 1.165) is 0 Å². The summed E-state index contributed by atoms with van der Waals surface area (Å²) < 4.78 is 34.5. The molecule has 8 heteroatoms. The number of hydrogen-bond acceptors (Lipinski definition) is 4. The minimum Gasteiger partial charge on any atom is 0 e. The van der Waals surface area contributed by atoms with Crippen LogP contribution in [0.15, 0.2) is 0 Å². The largest absolute Gasteiger partial charge is 4.00 e. The van der Waals surface area contributed by atoms with Crippen LogP contribution in [0.3, 0.4) is 0 Å². The quantitative estimate of drug-likeness (QED) is 0.313. The summed E-state index contributed by atoms with van der Waals surface area (Å²) in [5.74, 6) is 0. The van der Waals surface area contributed by atoms with Crippen LogP contribution >= 0.6 is 0 Å². The SMILES string of the molecule is [O-][Ti]([O-])([O-])[O-].[Pt].[Ru].[Zr+4]. The summed E-state index contributed by atoms with van der Waals surface area (Å²) in [4.78, 5) is 0. The van der Waals surface area contributed by atoms with Crippen molar-refractivity contribution in [2.45, 2.75) is 0 Å². The fourth-order valence-electron chi connectivity index (χ4n) is 0. The zero-order valence-corrected chi connectivity index (χ0v) is 11.3. The van der Waals surface area contributed by atoms with E-state index in [1.807, 2.05) is 0 Å². The van der Waals surface area contributed by atoms with Gasteiger partial charge in [-0.1, -0.05) is 0 Å². The second kappa shape index (κ2) is 9.75. The van der Waals surface area contributed by atoms with Crippen molar-refractivity contribution in [2.75, 3.05) is 0 Å². The molecule has 0 N–H and O–H groups in total. The average Bonchev–Trinajstić information content (AvgIpc) is 0.722. The van der Waals surface area contributed by atoms with Crippen molar-refractivity contribution < 1.29 is 99.6 Å². The molecule has 0 amide bonds. The Kier molecular flexibility index (Phi) is 27.3. The van der Waals surface area contributed by atoms with Gasteiger partial charge in [-0.15, -0.1) is 0 Å². The Morgan fingerprint density at radius 3 is 0.875 bits per heavy atom. The topological polar surface area (TPSA) is 92.2 Å². The van der Waals surface area contributed by atoms with E-state index in [4.69, 9.17) is 14.8 Å². The van der Waals surface area contributed by atoms with E-state index in [1.165, 1.54) is 0 Å². The molecule has 0 saturated carbocycles. The van der Waals surface area contributed by atoms with Gasteiger partial charge < -0.3 is 0 Å². The van der Waals surface area contributed by atoms with E-state index in [-0.39, 0.29) is 66.7 Å². The summed E-state index contributed by atoms with van der Waals surface area (Å²) in [5, 5.41) is 0. The van der Waals surface area contributed by atoms with E-state index < -0.39 is 18.1 Å². The third kappa shape index (κ3) is 69.5. The molecule has 4 nitrogen and oxygen atoms in total. The maximum atomic E-state index is 8.62. The first-order valence-corrected chi connectivity index (χ1v) is 3.37. The smallest absolute Gasteiger partial charge is 0 e. The molecule has 0 aliphatic heterocycles. The molecule has 0 aromatic carbocycles. The Hall–Kier alpha value is 2.75. The van der Waals surface area contributed by atoms with E-state index in [1.54, 1.807) is 0 Å². The molecule has 0 saturated heterocycles. The van der Waals surface area contributed by atoms with E-state index in [9.17, 15) is 0 Å². The van der Waals surface area contributed by atoms with Gasteiger partial charge in [-0.05, 0) is 0 Å². The molecule has 0 unspecified atom stereocenters. The molecule has 0 heterocycles. The van der Waals surface area contributed by atoms with Gasteiger partial charge in [-0.25, -0.2) is 0 Å². The van der Waals surface area contributed by atoms with Crippen molar-refractivity contribution in [3.8, 4) is 0 Å². The minimum absolute atomic E-state index is 0. The van der Waals surface area contributed by atoms with Crippen molar-refractivity contribution in [2.24, 2.45) is 0 Å². The summed E-state index contributed by atoms with van der Waals surface area (Å²) in [5.41, 5.74) is 0.